The molecule has 0 spiro atoms. The molecule has 126 valence electrons. The molecule has 1 aliphatic rings. The fourth-order valence-corrected chi connectivity index (χ4v) is 3.31. The predicted molar refractivity (Wildman–Crippen MR) is 94.7 cm³/mol. The molecule has 0 fully saturated rings. The van der Waals surface area contributed by atoms with Crippen molar-refractivity contribution in [1.29, 1.82) is 0 Å². The number of benzene rings is 2. The van der Waals surface area contributed by atoms with Crippen LogP contribution in [-0.4, -0.2) is 15.7 Å². The van der Waals surface area contributed by atoms with E-state index in [9.17, 15) is 9.18 Å². The van der Waals surface area contributed by atoms with Crippen molar-refractivity contribution in [3.8, 4) is 5.69 Å². The summed E-state index contributed by atoms with van der Waals surface area (Å²) in [5.74, 6) is -0.664. The first-order valence-electron chi connectivity index (χ1n) is 8.37. The van der Waals surface area contributed by atoms with Gasteiger partial charge in [0.25, 0.3) is 5.91 Å². The van der Waals surface area contributed by atoms with Gasteiger partial charge < -0.3 is 5.32 Å². The van der Waals surface area contributed by atoms with Crippen LogP contribution in [0.5, 0.6) is 0 Å². The van der Waals surface area contributed by atoms with Crippen LogP contribution >= 0.6 is 0 Å². The van der Waals surface area contributed by atoms with Crippen molar-refractivity contribution >= 4 is 11.6 Å². The summed E-state index contributed by atoms with van der Waals surface area (Å²) in [6, 6.07) is 14.2. The molecule has 1 amide bonds. The van der Waals surface area contributed by atoms with Gasteiger partial charge in [-0.1, -0.05) is 24.3 Å². The molecule has 0 aliphatic heterocycles. The zero-order valence-electron chi connectivity index (χ0n) is 13.9. The first kappa shape index (κ1) is 15.6. The van der Waals surface area contributed by atoms with E-state index in [2.05, 4.69) is 10.4 Å². The fraction of sp³-hybridized carbons (Fsp3) is 0.200. The van der Waals surface area contributed by atoms with E-state index >= 15 is 0 Å². The molecule has 1 aromatic heterocycles. The molecule has 1 N–H and O–H groups in total. The average molecular weight is 335 g/mol. The molecule has 0 saturated heterocycles. The Kier molecular flexibility index (Phi) is 3.84. The average Bonchev–Trinajstić information content (AvgIpc) is 3.21. The van der Waals surface area contributed by atoms with Gasteiger partial charge in [-0.3, -0.25) is 4.79 Å². The number of para-hydroxylation sites is 1. The highest BCUT2D eigenvalue weighted by Gasteiger charge is 2.27. The highest BCUT2D eigenvalue weighted by molar-refractivity contribution is 6.04. The van der Waals surface area contributed by atoms with E-state index < -0.39 is 0 Å². The Morgan fingerprint density at radius 1 is 1.16 bits per heavy atom. The van der Waals surface area contributed by atoms with Gasteiger partial charge in [-0.25, -0.2) is 9.07 Å². The second-order valence-corrected chi connectivity index (χ2v) is 6.29. The highest BCUT2D eigenvalue weighted by atomic mass is 19.1. The molecule has 2 aromatic carbocycles. The highest BCUT2D eigenvalue weighted by Crippen LogP contribution is 2.28. The van der Waals surface area contributed by atoms with Crippen molar-refractivity contribution in [3.05, 3.63) is 76.9 Å². The van der Waals surface area contributed by atoms with Crippen LogP contribution < -0.4 is 5.32 Å². The van der Waals surface area contributed by atoms with Gasteiger partial charge in [0.05, 0.1) is 5.69 Å². The molecular formula is C20H18FN3O. The Hall–Kier alpha value is -2.95. The van der Waals surface area contributed by atoms with Crippen LogP contribution in [0.3, 0.4) is 0 Å². The van der Waals surface area contributed by atoms with Crippen molar-refractivity contribution in [2.75, 3.05) is 5.32 Å². The van der Waals surface area contributed by atoms with Crippen molar-refractivity contribution in [2.24, 2.45) is 0 Å². The van der Waals surface area contributed by atoms with E-state index in [1.807, 2.05) is 41.9 Å². The van der Waals surface area contributed by atoms with Gasteiger partial charge in [0.15, 0.2) is 5.69 Å². The lowest BCUT2D eigenvalue weighted by atomic mass is 10.1. The van der Waals surface area contributed by atoms with Gasteiger partial charge in [-0.2, -0.15) is 5.10 Å². The summed E-state index contributed by atoms with van der Waals surface area (Å²) < 4.78 is 15.3. The fourth-order valence-electron chi connectivity index (χ4n) is 3.31. The first-order valence-corrected chi connectivity index (χ1v) is 8.37. The Morgan fingerprint density at radius 3 is 2.76 bits per heavy atom. The maximum absolute atomic E-state index is 13.5. The van der Waals surface area contributed by atoms with Crippen LogP contribution in [0.1, 0.15) is 33.7 Å². The Labute approximate surface area is 145 Å². The molecule has 4 rings (SSSR count). The standard InChI is InChI=1S/C20H18FN3O/c1-13-10-11-14(21)12-17(13)22-20(25)19-16-8-5-9-18(16)24(23-19)15-6-3-2-4-7-15/h2-4,6-7,10-12H,5,8-9H2,1H3,(H,22,25). The second kappa shape index (κ2) is 6.16. The number of aromatic nitrogens is 2. The number of carbonyl (C=O) groups is 1. The summed E-state index contributed by atoms with van der Waals surface area (Å²) in [7, 11) is 0. The number of amides is 1. The predicted octanol–water partition coefficient (Wildman–Crippen LogP) is 4.06. The molecule has 3 aromatic rings. The van der Waals surface area contributed by atoms with Crippen LogP contribution in [-0.2, 0) is 12.8 Å². The smallest absolute Gasteiger partial charge is 0.276 e. The summed E-state index contributed by atoms with van der Waals surface area (Å²) in [6.07, 6.45) is 2.76. The minimum Gasteiger partial charge on any atom is -0.320 e. The largest absolute Gasteiger partial charge is 0.320 e. The number of rotatable bonds is 3. The molecule has 4 nitrogen and oxygen atoms in total. The first-order chi connectivity index (χ1) is 12.1. The third-order valence-electron chi connectivity index (χ3n) is 4.59. The maximum atomic E-state index is 13.5. The number of nitrogens with one attached hydrogen (secondary N) is 1. The SMILES string of the molecule is Cc1ccc(F)cc1NC(=O)c1nn(-c2ccccc2)c2c1CCC2. The number of halogens is 1. The Morgan fingerprint density at radius 2 is 1.96 bits per heavy atom. The third kappa shape index (κ3) is 2.82. The van der Waals surface area contributed by atoms with E-state index in [4.69, 9.17) is 0 Å². The van der Waals surface area contributed by atoms with Crippen molar-refractivity contribution in [3.63, 3.8) is 0 Å². The zero-order chi connectivity index (χ0) is 17.4. The Balaban J connectivity index is 1.71. The van der Waals surface area contributed by atoms with Gasteiger partial charge >= 0.3 is 0 Å². The Bertz CT molecular complexity index is 947. The molecule has 0 atom stereocenters. The van der Waals surface area contributed by atoms with Crippen molar-refractivity contribution < 1.29 is 9.18 Å². The molecule has 25 heavy (non-hydrogen) atoms. The maximum Gasteiger partial charge on any atom is 0.276 e. The molecule has 0 saturated carbocycles. The summed E-state index contributed by atoms with van der Waals surface area (Å²) >= 11 is 0. The molecule has 0 bridgehead atoms. The topological polar surface area (TPSA) is 46.9 Å². The van der Waals surface area contributed by atoms with Gasteiger partial charge in [-0.15, -0.1) is 0 Å². The summed E-state index contributed by atoms with van der Waals surface area (Å²) in [6.45, 7) is 1.84. The summed E-state index contributed by atoms with van der Waals surface area (Å²) in [5.41, 5.74) is 4.75. The van der Waals surface area contributed by atoms with Crippen LogP contribution in [0, 0.1) is 12.7 Å². The van der Waals surface area contributed by atoms with Crippen LogP contribution in [0.4, 0.5) is 10.1 Å². The van der Waals surface area contributed by atoms with Crippen LogP contribution in [0.2, 0.25) is 0 Å². The minimum absolute atomic E-state index is 0.290. The van der Waals surface area contributed by atoms with E-state index in [-0.39, 0.29) is 11.7 Å². The number of aryl methyl sites for hydroxylation is 1. The van der Waals surface area contributed by atoms with Crippen molar-refractivity contribution in [2.45, 2.75) is 26.2 Å². The quantitative estimate of drug-likeness (QED) is 0.784. The van der Waals surface area contributed by atoms with E-state index in [1.54, 1.807) is 6.07 Å². The number of anilines is 1. The molecule has 0 unspecified atom stereocenters. The van der Waals surface area contributed by atoms with Gasteiger partial charge in [0, 0.05) is 16.9 Å². The monoisotopic (exact) mass is 335 g/mol. The molecule has 1 heterocycles. The number of carbonyl (C=O) groups excluding carboxylic acids is 1. The molecule has 1 aliphatic carbocycles. The third-order valence-corrected chi connectivity index (χ3v) is 4.59. The van der Waals surface area contributed by atoms with Crippen molar-refractivity contribution in [1.82, 2.24) is 9.78 Å². The second-order valence-electron chi connectivity index (χ2n) is 6.29. The molecule has 5 heteroatoms. The van der Waals surface area contributed by atoms with E-state index in [0.29, 0.717) is 11.4 Å². The molecular weight excluding hydrogens is 317 g/mol. The lowest BCUT2D eigenvalue weighted by Gasteiger charge is -2.08. The normalized spacial score (nSPS) is 12.9. The van der Waals surface area contributed by atoms with Crippen LogP contribution in [0.25, 0.3) is 5.69 Å². The minimum atomic E-state index is -0.374. The van der Waals surface area contributed by atoms with Gasteiger partial charge in [0.1, 0.15) is 5.82 Å². The van der Waals surface area contributed by atoms with Crippen LogP contribution in [0.15, 0.2) is 48.5 Å². The summed E-state index contributed by atoms with van der Waals surface area (Å²) in [4.78, 5) is 12.8. The van der Waals surface area contributed by atoms with Gasteiger partial charge in [-0.05, 0) is 56.0 Å². The lowest BCUT2D eigenvalue weighted by molar-refractivity contribution is 0.102. The zero-order valence-corrected chi connectivity index (χ0v) is 13.9. The number of hydrogen-bond donors (Lipinski definition) is 1. The molecule has 0 radical (unpaired) electrons. The van der Waals surface area contributed by atoms with E-state index in [0.717, 1.165) is 41.8 Å². The number of nitrogens with zero attached hydrogens (tertiary/aromatic N) is 2. The summed E-state index contributed by atoms with van der Waals surface area (Å²) in [5, 5.41) is 7.37. The van der Waals surface area contributed by atoms with Gasteiger partial charge in [0.2, 0.25) is 0 Å². The number of hydrogen-bond acceptors (Lipinski definition) is 2. The lowest BCUT2D eigenvalue weighted by Crippen LogP contribution is -2.15. The van der Waals surface area contributed by atoms with E-state index in [1.165, 1.54) is 12.1 Å². The number of fused-ring (bicyclic) bond motifs is 1.